The summed E-state index contributed by atoms with van der Waals surface area (Å²) in [6.45, 7) is 9.21. The lowest BCUT2D eigenvalue weighted by atomic mass is 9.99. The Kier molecular flexibility index (Phi) is 7.28. The smallest absolute Gasteiger partial charge is 0.224 e. The van der Waals surface area contributed by atoms with Gasteiger partial charge in [-0.25, -0.2) is 0 Å². The van der Waals surface area contributed by atoms with Gasteiger partial charge in [0.25, 0.3) is 0 Å². The van der Waals surface area contributed by atoms with Crippen molar-refractivity contribution in [3.05, 3.63) is 34.9 Å². The third-order valence-electron chi connectivity index (χ3n) is 3.91. The van der Waals surface area contributed by atoms with Gasteiger partial charge in [0, 0.05) is 11.4 Å². The van der Waals surface area contributed by atoms with Gasteiger partial charge in [-0.15, -0.1) is 0 Å². The van der Waals surface area contributed by atoms with Crippen LogP contribution in [0, 0.1) is 19.8 Å². The molecule has 1 unspecified atom stereocenters. The minimum absolute atomic E-state index is 0.106. The Morgan fingerprint density at radius 1 is 1.25 bits per heavy atom. The monoisotopic (exact) mass is 339 g/mol. The summed E-state index contributed by atoms with van der Waals surface area (Å²) in [5.41, 5.74) is 3.51. The maximum absolute atomic E-state index is 12.0. The Morgan fingerprint density at radius 2 is 1.90 bits per heavy atom. The number of carbonyl (C=O) groups is 1. The Labute approximate surface area is 131 Å². The van der Waals surface area contributed by atoms with E-state index in [-0.39, 0.29) is 5.91 Å². The van der Waals surface area contributed by atoms with Gasteiger partial charge in [0.1, 0.15) is 0 Å². The van der Waals surface area contributed by atoms with Gasteiger partial charge in [0.2, 0.25) is 5.91 Å². The first-order valence-corrected chi connectivity index (χ1v) is 8.36. The highest BCUT2D eigenvalue weighted by Gasteiger charge is 2.16. The van der Waals surface area contributed by atoms with E-state index in [0.29, 0.717) is 23.7 Å². The van der Waals surface area contributed by atoms with Gasteiger partial charge >= 0.3 is 0 Å². The van der Waals surface area contributed by atoms with Crippen LogP contribution in [0.4, 0.5) is 0 Å². The molecular formula is C17H26BrNO. The van der Waals surface area contributed by atoms with Gasteiger partial charge in [-0.2, -0.15) is 0 Å². The van der Waals surface area contributed by atoms with E-state index >= 15 is 0 Å². The number of amides is 1. The van der Waals surface area contributed by atoms with Gasteiger partial charge in [-0.3, -0.25) is 4.79 Å². The van der Waals surface area contributed by atoms with Crippen LogP contribution in [0.5, 0.6) is 0 Å². The average molecular weight is 340 g/mol. The zero-order valence-electron chi connectivity index (χ0n) is 13.0. The zero-order valence-corrected chi connectivity index (χ0v) is 14.6. The third kappa shape index (κ3) is 5.28. The summed E-state index contributed by atoms with van der Waals surface area (Å²) in [7, 11) is 0. The van der Waals surface area contributed by atoms with Crippen molar-refractivity contribution in [2.24, 2.45) is 5.92 Å². The molecule has 0 radical (unpaired) electrons. The van der Waals surface area contributed by atoms with Gasteiger partial charge in [-0.1, -0.05) is 66.4 Å². The van der Waals surface area contributed by atoms with E-state index < -0.39 is 0 Å². The van der Waals surface area contributed by atoms with E-state index in [4.69, 9.17) is 0 Å². The number of halogens is 1. The molecule has 1 N–H and O–H groups in total. The van der Waals surface area contributed by atoms with Crippen molar-refractivity contribution in [1.82, 2.24) is 5.32 Å². The molecule has 0 aliphatic rings. The number of aryl methyl sites for hydroxylation is 2. The van der Waals surface area contributed by atoms with E-state index in [0.717, 1.165) is 18.4 Å². The fraction of sp³-hybridized carbons (Fsp3) is 0.588. The molecule has 3 heteroatoms. The highest BCUT2D eigenvalue weighted by Crippen LogP contribution is 2.19. The topological polar surface area (TPSA) is 29.1 Å². The van der Waals surface area contributed by atoms with E-state index in [2.05, 4.69) is 67.1 Å². The molecule has 0 bridgehead atoms. The van der Waals surface area contributed by atoms with Crippen molar-refractivity contribution in [1.29, 1.82) is 0 Å². The molecule has 0 saturated carbocycles. The molecule has 1 atom stereocenters. The van der Waals surface area contributed by atoms with E-state index in [1.807, 2.05) is 0 Å². The van der Waals surface area contributed by atoms with Crippen molar-refractivity contribution >= 4 is 21.8 Å². The number of rotatable bonds is 7. The summed E-state index contributed by atoms with van der Waals surface area (Å²) in [6.07, 6.45) is 2.74. The summed E-state index contributed by atoms with van der Waals surface area (Å²) in [4.78, 5) is 12.4. The van der Waals surface area contributed by atoms with Crippen LogP contribution in [0.15, 0.2) is 18.2 Å². The molecule has 0 aliphatic heterocycles. The molecule has 0 spiro atoms. The van der Waals surface area contributed by atoms with Crippen LogP contribution in [-0.4, -0.2) is 17.3 Å². The van der Waals surface area contributed by atoms with Crippen molar-refractivity contribution < 1.29 is 4.79 Å². The second-order valence-electron chi connectivity index (χ2n) is 5.50. The first-order valence-electron chi connectivity index (χ1n) is 7.44. The average Bonchev–Trinajstić information content (AvgIpc) is 2.42. The Morgan fingerprint density at radius 3 is 2.50 bits per heavy atom. The maximum atomic E-state index is 12.0. The molecule has 1 aromatic rings. The summed E-state index contributed by atoms with van der Waals surface area (Å²) in [6, 6.07) is 6.26. The lowest BCUT2D eigenvalue weighted by Crippen LogP contribution is -2.33. The Balaban J connectivity index is 2.50. The molecule has 0 fully saturated rings. The lowest BCUT2D eigenvalue weighted by molar-refractivity contribution is -0.120. The molecule has 1 rings (SSSR count). The largest absolute Gasteiger partial charge is 0.355 e. The van der Waals surface area contributed by atoms with E-state index in [1.165, 1.54) is 11.1 Å². The van der Waals surface area contributed by atoms with Crippen LogP contribution in [-0.2, 0) is 11.2 Å². The molecule has 2 nitrogen and oxygen atoms in total. The zero-order chi connectivity index (χ0) is 15.1. The Bertz CT molecular complexity index is 441. The second-order valence-corrected chi connectivity index (χ2v) is 6.68. The summed E-state index contributed by atoms with van der Waals surface area (Å²) in [5, 5.41) is 3.04. The molecule has 1 amide bonds. The SMILES string of the molecule is CCC(CC)C(Br)CNC(=O)Cc1cc(C)ccc1C. The van der Waals surface area contributed by atoms with Gasteiger partial charge in [-0.05, 0) is 30.9 Å². The first kappa shape index (κ1) is 17.2. The third-order valence-corrected chi connectivity index (χ3v) is 4.98. The van der Waals surface area contributed by atoms with Crippen molar-refractivity contribution in [3.63, 3.8) is 0 Å². The van der Waals surface area contributed by atoms with Crippen molar-refractivity contribution in [2.75, 3.05) is 6.54 Å². The summed E-state index contributed by atoms with van der Waals surface area (Å²) >= 11 is 3.69. The predicted octanol–water partition coefficient (Wildman–Crippen LogP) is 4.16. The van der Waals surface area contributed by atoms with Crippen LogP contribution in [0.25, 0.3) is 0 Å². The number of alkyl halides is 1. The van der Waals surface area contributed by atoms with Crippen LogP contribution in [0.2, 0.25) is 0 Å². The lowest BCUT2D eigenvalue weighted by Gasteiger charge is -2.20. The predicted molar refractivity (Wildman–Crippen MR) is 89.4 cm³/mol. The molecular weight excluding hydrogens is 314 g/mol. The number of carbonyl (C=O) groups excluding carboxylic acids is 1. The molecule has 0 heterocycles. The summed E-state index contributed by atoms with van der Waals surface area (Å²) < 4.78 is 0. The van der Waals surface area contributed by atoms with E-state index in [1.54, 1.807) is 0 Å². The van der Waals surface area contributed by atoms with Crippen molar-refractivity contribution in [3.8, 4) is 0 Å². The number of hydrogen-bond acceptors (Lipinski definition) is 1. The molecule has 0 aromatic heterocycles. The standard InChI is InChI=1S/C17H26BrNO/c1-5-14(6-2)16(18)11-19-17(20)10-15-9-12(3)7-8-13(15)4/h7-9,14,16H,5-6,10-11H2,1-4H3,(H,19,20). The second kappa shape index (κ2) is 8.46. The number of nitrogens with one attached hydrogen (secondary N) is 1. The minimum atomic E-state index is 0.106. The van der Waals surface area contributed by atoms with Gasteiger partial charge in [0.15, 0.2) is 0 Å². The normalized spacial score (nSPS) is 12.5. The first-order chi connectivity index (χ1) is 9.47. The Hall–Kier alpha value is -0.830. The van der Waals surface area contributed by atoms with Gasteiger partial charge < -0.3 is 5.32 Å². The van der Waals surface area contributed by atoms with E-state index in [9.17, 15) is 4.79 Å². The fourth-order valence-corrected chi connectivity index (χ4v) is 3.31. The minimum Gasteiger partial charge on any atom is -0.355 e. The van der Waals surface area contributed by atoms with Crippen molar-refractivity contribution in [2.45, 2.75) is 51.8 Å². The summed E-state index contributed by atoms with van der Waals surface area (Å²) in [5.74, 6) is 0.727. The van der Waals surface area contributed by atoms with Crippen LogP contribution in [0.3, 0.4) is 0 Å². The highest BCUT2D eigenvalue weighted by molar-refractivity contribution is 9.09. The van der Waals surface area contributed by atoms with Crippen LogP contribution < -0.4 is 5.32 Å². The number of benzene rings is 1. The fourth-order valence-electron chi connectivity index (χ4n) is 2.40. The van der Waals surface area contributed by atoms with Crippen LogP contribution >= 0.6 is 15.9 Å². The van der Waals surface area contributed by atoms with Crippen LogP contribution in [0.1, 0.15) is 43.4 Å². The quantitative estimate of drug-likeness (QED) is 0.742. The molecule has 0 aliphatic carbocycles. The molecule has 20 heavy (non-hydrogen) atoms. The van der Waals surface area contributed by atoms with Gasteiger partial charge in [0.05, 0.1) is 6.42 Å². The maximum Gasteiger partial charge on any atom is 0.224 e. The number of hydrogen-bond donors (Lipinski definition) is 1. The molecule has 1 aromatic carbocycles. The molecule has 0 saturated heterocycles. The highest BCUT2D eigenvalue weighted by atomic mass is 79.9. The molecule has 112 valence electrons.